The normalized spacial score (nSPS) is 10.8. The Morgan fingerprint density at radius 1 is 1.58 bits per heavy atom. The first-order valence-electron chi connectivity index (χ1n) is 3.65. The van der Waals surface area contributed by atoms with Gasteiger partial charge in [0.1, 0.15) is 0 Å². The number of aromatic nitrogens is 2. The summed E-state index contributed by atoms with van der Waals surface area (Å²) >= 11 is 0. The van der Waals surface area contributed by atoms with Crippen molar-refractivity contribution in [2.75, 3.05) is 5.73 Å². The molecule has 0 unspecified atom stereocenters. The van der Waals surface area contributed by atoms with Crippen molar-refractivity contribution in [2.24, 2.45) is 0 Å². The highest BCUT2D eigenvalue weighted by Crippen LogP contribution is 2.13. The summed E-state index contributed by atoms with van der Waals surface area (Å²) < 4.78 is 1.65. The summed E-state index contributed by atoms with van der Waals surface area (Å²) in [7, 11) is 0. The van der Waals surface area contributed by atoms with Crippen molar-refractivity contribution in [1.29, 1.82) is 0 Å². The second-order valence-corrected chi connectivity index (χ2v) is 2.59. The monoisotopic (exact) mass is 163 g/mol. The first-order valence-corrected chi connectivity index (χ1v) is 3.65. The highest BCUT2D eigenvalue weighted by molar-refractivity contribution is 5.69. The molecule has 0 atom stereocenters. The molecule has 0 aliphatic rings. The Hall–Kier alpha value is -1.55. The summed E-state index contributed by atoms with van der Waals surface area (Å²) in [5.41, 5.74) is 7.82. The highest BCUT2D eigenvalue weighted by atomic mass is 16.3. The van der Waals surface area contributed by atoms with Crippen LogP contribution in [0.5, 0.6) is 0 Å². The molecule has 0 spiro atoms. The van der Waals surface area contributed by atoms with Crippen LogP contribution in [-0.2, 0) is 6.61 Å². The van der Waals surface area contributed by atoms with Crippen molar-refractivity contribution in [2.45, 2.75) is 6.61 Å². The number of aliphatic hydroxyl groups is 1. The largest absolute Gasteiger partial charge is 0.397 e. The van der Waals surface area contributed by atoms with Gasteiger partial charge in [0.25, 0.3) is 0 Å². The zero-order chi connectivity index (χ0) is 8.55. The van der Waals surface area contributed by atoms with Crippen LogP contribution < -0.4 is 5.73 Å². The molecule has 0 amide bonds. The third-order valence-electron chi connectivity index (χ3n) is 1.75. The van der Waals surface area contributed by atoms with Gasteiger partial charge >= 0.3 is 0 Å². The number of aliphatic hydroxyl groups excluding tert-OH is 1. The molecule has 3 N–H and O–H groups in total. The van der Waals surface area contributed by atoms with Gasteiger partial charge in [-0.05, 0) is 18.2 Å². The van der Waals surface area contributed by atoms with Crippen molar-refractivity contribution < 1.29 is 5.11 Å². The fourth-order valence-corrected chi connectivity index (χ4v) is 1.17. The minimum absolute atomic E-state index is 0.0544. The number of nitrogen functional groups attached to an aromatic ring is 1. The van der Waals surface area contributed by atoms with Crippen molar-refractivity contribution in [3.63, 3.8) is 0 Å². The second kappa shape index (κ2) is 2.49. The number of nitrogens with zero attached hydrogens (tertiary/aromatic N) is 2. The van der Waals surface area contributed by atoms with E-state index < -0.39 is 0 Å². The van der Waals surface area contributed by atoms with Crippen molar-refractivity contribution >= 4 is 11.2 Å². The molecular weight excluding hydrogens is 154 g/mol. The molecule has 4 nitrogen and oxygen atoms in total. The van der Waals surface area contributed by atoms with Gasteiger partial charge in [-0.1, -0.05) is 0 Å². The second-order valence-electron chi connectivity index (χ2n) is 2.59. The maximum atomic E-state index is 8.81. The van der Waals surface area contributed by atoms with Crippen LogP contribution in [0.4, 0.5) is 5.69 Å². The van der Waals surface area contributed by atoms with Gasteiger partial charge in [0.15, 0.2) is 0 Å². The molecule has 62 valence electrons. The van der Waals surface area contributed by atoms with Crippen molar-refractivity contribution in [3.05, 3.63) is 30.1 Å². The summed E-state index contributed by atoms with van der Waals surface area (Å²) in [6.07, 6.45) is 1.80. The molecule has 0 radical (unpaired) electrons. The molecule has 0 saturated heterocycles. The molecule has 2 aromatic heterocycles. The van der Waals surface area contributed by atoms with Gasteiger partial charge in [-0.15, -0.1) is 0 Å². The number of pyridine rings is 1. The van der Waals surface area contributed by atoms with Gasteiger partial charge in [0.2, 0.25) is 0 Å². The Bertz CT molecular complexity index is 408. The third kappa shape index (κ3) is 0.931. The van der Waals surface area contributed by atoms with E-state index in [4.69, 9.17) is 10.8 Å². The Labute approximate surface area is 69.2 Å². The average molecular weight is 163 g/mol. The van der Waals surface area contributed by atoms with Gasteiger partial charge < -0.3 is 10.8 Å². The predicted molar refractivity (Wildman–Crippen MR) is 45.5 cm³/mol. The lowest BCUT2D eigenvalue weighted by molar-refractivity contribution is 0.276. The number of anilines is 1. The van der Waals surface area contributed by atoms with Crippen LogP contribution in [-0.4, -0.2) is 14.7 Å². The zero-order valence-electron chi connectivity index (χ0n) is 6.44. The van der Waals surface area contributed by atoms with Crippen molar-refractivity contribution in [1.82, 2.24) is 9.61 Å². The predicted octanol–water partition coefficient (Wildman–Crippen LogP) is 0.409. The molecule has 0 fully saturated rings. The number of fused-ring (bicyclic) bond motifs is 1. The van der Waals surface area contributed by atoms with E-state index in [0.717, 1.165) is 5.52 Å². The lowest BCUT2D eigenvalue weighted by atomic mass is 10.3. The van der Waals surface area contributed by atoms with Gasteiger partial charge in [-0.2, -0.15) is 5.10 Å². The van der Waals surface area contributed by atoms with E-state index in [1.807, 2.05) is 6.07 Å². The van der Waals surface area contributed by atoms with E-state index in [2.05, 4.69) is 5.10 Å². The van der Waals surface area contributed by atoms with Crippen LogP contribution in [0.25, 0.3) is 5.52 Å². The summed E-state index contributed by atoms with van der Waals surface area (Å²) in [5.74, 6) is 0. The zero-order valence-corrected chi connectivity index (χ0v) is 6.44. The number of rotatable bonds is 1. The molecule has 0 saturated carbocycles. The highest BCUT2D eigenvalue weighted by Gasteiger charge is 2.01. The summed E-state index contributed by atoms with van der Waals surface area (Å²) in [6.45, 7) is -0.0544. The van der Waals surface area contributed by atoms with Crippen LogP contribution >= 0.6 is 0 Å². The topological polar surface area (TPSA) is 63.5 Å². The minimum Gasteiger partial charge on any atom is -0.397 e. The summed E-state index contributed by atoms with van der Waals surface area (Å²) in [6, 6.07) is 5.39. The number of hydrogen-bond donors (Lipinski definition) is 2. The molecule has 0 aromatic carbocycles. The van der Waals surface area contributed by atoms with E-state index in [0.29, 0.717) is 11.4 Å². The molecule has 0 aliphatic carbocycles. The lowest BCUT2D eigenvalue weighted by Crippen LogP contribution is -1.91. The molecular formula is C8H9N3O. The first kappa shape index (κ1) is 7.12. The van der Waals surface area contributed by atoms with E-state index in [-0.39, 0.29) is 6.61 Å². The smallest absolute Gasteiger partial charge is 0.0894 e. The number of nitrogens with two attached hydrogens (primary N) is 1. The fraction of sp³-hybridized carbons (Fsp3) is 0.125. The van der Waals surface area contributed by atoms with E-state index in [1.165, 1.54) is 0 Å². The van der Waals surface area contributed by atoms with E-state index in [1.54, 1.807) is 22.8 Å². The minimum atomic E-state index is -0.0544. The molecule has 2 aromatic rings. The number of hydrogen-bond acceptors (Lipinski definition) is 3. The summed E-state index contributed by atoms with van der Waals surface area (Å²) in [4.78, 5) is 0. The van der Waals surface area contributed by atoms with Gasteiger partial charge in [0.05, 0.1) is 23.5 Å². The summed E-state index contributed by atoms with van der Waals surface area (Å²) in [5, 5.41) is 12.9. The standard InChI is InChI=1S/C8H9N3O/c9-7-2-1-3-11-8(7)4-6(5-12)10-11/h1-4,12H,5,9H2. The van der Waals surface area contributed by atoms with Crippen LogP contribution in [0.15, 0.2) is 24.4 Å². The molecule has 2 heterocycles. The van der Waals surface area contributed by atoms with Gasteiger partial charge in [-0.3, -0.25) is 0 Å². The Balaban J connectivity index is 2.74. The van der Waals surface area contributed by atoms with Crippen LogP contribution in [0, 0.1) is 0 Å². The Morgan fingerprint density at radius 3 is 3.08 bits per heavy atom. The SMILES string of the molecule is Nc1cccn2nc(CO)cc12. The molecule has 12 heavy (non-hydrogen) atoms. The molecule has 0 aliphatic heterocycles. The fourth-order valence-electron chi connectivity index (χ4n) is 1.17. The van der Waals surface area contributed by atoms with Gasteiger partial charge in [-0.25, -0.2) is 4.52 Å². The quantitative estimate of drug-likeness (QED) is 0.640. The third-order valence-corrected chi connectivity index (χ3v) is 1.75. The average Bonchev–Trinajstić information content (AvgIpc) is 2.49. The van der Waals surface area contributed by atoms with Gasteiger partial charge in [0, 0.05) is 6.20 Å². The van der Waals surface area contributed by atoms with E-state index in [9.17, 15) is 0 Å². The maximum Gasteiger partial charge on any atom is 0.0894 e. The van der Waals surface area contributed by atoms with Crippen LogP contribution in [0.2, 0.25) is 0 Å². The van der Waals surface area contributed by atoms with Crippen molar-refractivity contribution in [3.8, 4) is 0 Å². The molecule has 2 rings (SSSR count). The molecule has 4 heteroatoms. The Morgan fingerprint density at radius 2 is 2.42 bits per heavy atom. The lowest BCUT2D eigenvalue weighted by Gasteiger charge is -1.94. The first-order chi connectivity index (χ1) is 5.81. The van der Waals surface area contributed by atoms with Crippen LogP contribution in [0.3, 0.4) is 0 Å². The maximum absolute atomic E-state index is 8.81. The Kier molecular flexibility index (Phi) is 1.48. The molecule has 0 bridgehead atoms. The van der Waals surface area contributed by atoms with E-state index >= 15 is 0 Å². The van der Waals surface area contributed by atoms with Crippen LogP contribution in [0.1, 0.15) is 5.69 Å².